The summed E-state index contributed by atoms with van der Waals surface area (Å²) in [6, 6.07) is 6.66. The number of nitrogens with zero attached hydrogens (tertiary/aromatic N) is 2. The predicted octanol–water partition coefficient (Wildman–Crippen LogP) is 3.15. The molecule has 1 aliphatic rings. The van der Waals surface area contributed by atoms with Crippen molar-refractivity contribution in [3.63, 3.8) is 0 Å². The minimum Gasteiger partial charge on any atom is -0.456 e. The number of hydrogen-bond acceptors (Lipinski definition) is 5. The van der Waals surface area contributed by atoms with Gasteiger partial charge in [-0.05, 0) is 50.8 Å². The van der Waals surface area contributed by atoms with Gasteiger partial charge in [-0.1, -0.05) is 37.1 Å². The number of carbonyl (C=O) groups is 2. The molecule has 31 heavy (non-hydrogen) atoms. The van der Waals surface area contributed by atoms with Gasteiger partial charge >= 0.3 is 5.97 Å². The number of rotatable bonds is 10. The minimum atomic E-state index is -3.48. The lowest BCUT2D eigenvalue weighted by atomic mass is 10.1. The smallest absolute Gasteiger partial charge is 0.306 e. The van der Waals surface area contributed by atoms with Crippen LogP contribution < -0.4 is 0 Å². The molecule has 0 bridgehead atoms. The highest BCUT2D eigenvalue weighted by atomic mass is 32.2. The fourth-order valence-electron chi connectivity index (χ4n) is 3.51. The van der Waals surface area contributed by atoms with E-state index in [0.717, 1.165) is 36.8 Å². The topological polar surface area (TPSA) is 84.0 Å². The average Bonchev–Trinajstić information content (AvgIpc) is 3.04. The largest absolute Gasteiger partial charge is 0.456 e. The standard InChI is InChI=1S/C23H34N2O5S/c1-4-24(17-19(2)3)22(26)18-30-23(27)14-11-20-9-12-21(13-10-20)31(28,29)25-15-7-5-6-8-16-25/h9-10,12-13H,2,4-8,11,14-18H2,1,3H3. The van der Waals surface area contributed by atoms with Gasteiger partial charge in [0.25, 0.3) is 5.91 Å². The lowest BCUT2D eigenvalue weighted by molar-refractivity contribution is -0.151. The monoisotopic (exact) mass is 450 g/mol. The van der Waals surface area contributed by atoms with E-state index in [-0.39, 0.29) is 23.8 Å². The van der Waals surface area contributed by atoms with Gasteiger partial charge in [0.15, 0.2) is 6.61 Å². The van der Waals surface area contributed by atoms with Crippen molar-refractivity contribution in [1.82, 2.24) is 9.21 Å². The van der Waals surface area contributed by atoms with E-state index in [1.54, 1.807) is 33.5 Å². The van der Waals surface area contributed by atoms with E-state index in [1.165, 1.54) is 0 Å². The van der Waals surface area contributed by atoms with E-state index in [1.807, 2.05) is 13.8 Å². The zero-order chi connectivity index (χ0) is 22.9. The number of likely N-dealkylation sites (N-methyl/N-ethyl adjacent to an activating group) is 1. The highest BCUT2D eigenvalue weighted by Gasteiger charge is 2.25. The normalized spacial score (nSPS) is 15.2. The molecule has 0 aromatic heterocycles. The molecule has 0 atom stereocenters. The molecule has 0 unspecified atom stereocenters. The molecule has 8 heteroatoms. The zero-order valence-electron chi connectivity index (χ0n) is 18.6. The Morgan fingerprint density at radius 1 is 1.10 bits per heavy atom. The first-order chi connectivity index (χ1) is 14.7. The summed E-state index contributed by atoms with van der Waals surface area (Å²) in [4.78, 5) is 26.0. The average molecular weight is 451 g/mol. The zero-order valence-corrected chi connectivity index (χ0v) is 19.5. The number of aryl methyl sites for hydroxylation is 1. The van der Waals surface area contributed by atoms with Crippen molar-refractivity contribution in [3.05, 3.63) is 42.0 Å². The van der Waals surface area contributed by atoms with Gasteiger partial charge in [-0.25, -0.2) is 8.42 Å². The van der Waals surface area contributed by atoms with E-state index in [2.05, 4.69) is 6.58 Å². The second-order valence-corrected chi connectivity index (χ2v) is 9.93. The van der Waals surface area contributed by atoms with Crippen LogP contribution in [0.3, 0.4) is 0 Å². The van der Waals surface area contributed by atoms with Gasteiger partial charge in [0.05, 0.1) is 4.90 Å². The summed E-state index contributed by atoms with van der Waals surface area (Å²) in [6.45, 7) is 9.31. The van der Waals surface area contributed by atoms with Crippen molar-refractivity contribution in [3.8, 4) is 0 Å². The molecular weight excluding hydrogens is 416 g/mol. The highest BCUT2D eigenvalue weighted by Crippen LogP contribution is 2.21. The van der Waals surface area contributed by atoms with Gasteiger partial charge in [-0.2, -0.15) is 4.31 Å². The molecule has 0 radical (unpaired) electrons. The van der Waals surface area contributed by atoms with E-state index < -0.39 is 16.0 Å². The Labute approximate surface area is 186 Å². The Morgan fingerprint density at radius 2 is 1.71 bits per heavy atom. The molecule has 172 valence electrons. The first kappa shape index (κ1) is 25.1. The van der Waals surface area contributed by atoms with E-state index in [0.29, 0.717) is 32.6 Å². The van der Waals surface area contributed by atoms with Crippen molar-refractivity contribution in [2.45, 2.75) is 57.3 Å². The summed E-state index contributed by atoms with van der Waals surface area (Å²) >= 11 is 0. The van der Waals surface area contributed by atoms with E-state index in [4.69, 9.17) is 4.74 Å². The summed E-state index contributed by atoms with van der Waals surface area (Å²) in [5.74, 6) is -0.706. The Kier molecular flexibility index (Phi) is 9.71. The molecule has 1 saturated heterocycles. The first-order valence-corrected chi connectivity index (χ1v) is 12.3. The minimum absolute atomic E-state index is 0.123. The summed E-state index contributed by atoms with van der Waals surface area (Å²) in [5.41, 5.74) is 1.71. The fourth-order valence-corrected chi connectivity index (χ4v) is 5.03. The molecule has 1 fully saturated rings. The summed E-state index contributed by atoms with van der Waals surface area (Å²) < 4.78 is 32.3. The number of amides is 1. The van der Waals surface area contributed by atoms with Crippen LogP contribution in [0.2, 0.25) is 0 Å². The molecule has 1 amide bonds. The van der Waals surface area contributed by atoms with Crippen LogP contribution in [0, 0.1) is 0 Å². The van der Waals surface area contributed by atoms with Crippen LogP contribution in [-0.2, 0) is 30.8 Å². The summed E-state index contributed by atoms with van der Waals surface area (Å²) in [5, 5.41) is 0. The van der Waals surface area contributed by atoms with E-state index in [9.17, 15) is 18.0 Å². The van der Waals surface area contributed by atoms with Crippen LogP contribution in [0.5, 0.6) is 0 Å². The molecule has 1 heterocycles. The molecule has 7 nitrogen and oxygen atoms in total. The van der Waals surface area contributed by atoms with Crippen LogP contribution in [0.4, 0.5) is 0 Å². The molecule has 0 aliphatic carbocycles. The molecule has 1 aromatic carbocycles. The molecule has 1 aromatic rings. The molecule has 0 saturated carbocycles. The van der Waals surface area contributed by atoms with E-state index >= 15 is 0 Å². The van der Waals surface area contributed by atoms with Crippen LogP contribution in [-0.4, -0.2) is 62.3 Å². The number of carbonyl (C=O) groups excluding carboxylic acids is 2. The van der Waals surface area contributed by atoms with Crippen LogP contribution >= 0.6 is 0 Å². The second kappa shape index (κ2) is 12.0. The Hall–Kier alpha value is -2.19. The highest BCUT2D eigenvalue weighted by molar-refractivity contribution is 7.89. The van der Waals surface area contributed by atoms with Crippen molar-refractivity contribution in [2.75, 3.05) is 32.8 Å². The lowest BCUT2D eigenvalue weighted by Crippen LogP contribution is -2.35. The van der Waals surface area contributed by atoms with Crippen molar-refractivity contribution < 1.29 is 22.7 Å². The van der Waals surface area contributed by atoms with Gasteiger partial charge < -0.3 is 9.64 Å². The quantitative estimate of drug-likeness (QED) is 0.404. The molecule has 2 rings (SSSR count). The first-order valence-electron chi connectivity index (χ1n) is 10.9. The van der Waals surface area contributed by atoms with Crippen LogP contribution in [0.1, 0.15) is 51.5 Å². The Bertz CT molecular complexity index is 856. The van der Waals surface area contributed by atoms with Crippen LogP contribution in [0.15, 0.2) is 41.3 Å². The fraction of sp³-hybridized carbons (Fsp3) is 0.565. The number of hydrogen-bond donors (Lipinski definition) is 0. The van der Waals surface area contributed by atoms with Crippen molar-refractivity contribution in [2.24, 2.45) is 0 Å². The number of esters is 1. The third kappa shape index (κ3) is 7.78. The lowest BCUT2D eigenvalue weighted by Gasteiger charge is -2.20. The third-order valence-electron chi connectivity index (χ3n) is 5.30. The SMILES string of the molecule is C=C(C)CN(CC)C(=O)COC(=O)CCc1ccc(S(=O)(=O)N2CCCCCC2)cc1. The van der Waals surface area contributed by atoms with Gasteiger partial charge in [-0.15, -0.1) is 0 Å². The van der Waals surface area contributed by atoms with Crippen LogP contribution in [0.25, 0.3) is 0 Å². The molecule has 0 N–H and O–H groups in total. The molecule has 1 aliphatic heterocycles. The van der Waals surface area contributed by atoms with Crippen molar-refractivity contribution >= 4 is 21.9 Å². The van der Waals surface area contributed by atoms with Crippen molar-refractivity contribution in [1.29, 1.82) is 0 Å². The Balaban J connectivity index is 1.84. The molecular formula is C23H34N2O5S. The number of benzene rings is 1. The number of ether oxygens (including phenoxy) is 1. The second-order valence-electron chi connectivity index (χ2n) is 7.99. The van der Waals surface area contributed by atoms with Gasteiger partial charge in [0.2, 0.25) is 10.0 Å². The maximum Gasteiger partial charge on any atom is 0.306 e. The predicted molar refractivity (Wildman–Crippen MR) is 120 cm³/mol. The number of sulfonamides is 1. The Morgan fingerprint density at radius 3 is 2.26 bits per heavy atom. The maximum atomic E-state index is 12.8. The molecule has 0 spiro atoms. The van der Waals surface area contributed by atoms with Gasteiger partial charge in [0, 0.05) is 32.6 Å². The third-order valence-corrected chi connectivity index (χ3v) is 7.21. The van der Waals surface area contributed by atoms with Gasteiger partial charge in [0.1, 0.15) is 0 Å². The summed E-state index contributed by atoms with van der Waals surface area (Å²) in [6.07, 6.45) is 4.46. The van der Waals surface area contributed by atoms with Gasteiger partial charge in [-0.3, -0.25) is 9.59 Å². The summed E-state index contributed by atoms with van der Waals surface area (Å²) in [7, 11) is -3.48. The maximum absolute atomic E-state index is 12.8.